The molecule has 0 aliphatic rings. The Labute approximate surface area is 150 Å². The van der Waals surface area contributed by atoms with Gasteiger partial charge in [0.1, 0.15) is 0 Å². The summed E-state index contributed by atoms with van der Waals surface area (Å²) in [7, 11) is 0. The molecule has 0 aliphatic heterocycles. The lowest BCUT2D eigenvalue weighted by Gasteiger charge is -2.11. The van der Waals surface area contributed by atoms with Crippen LogP contribution in [0.5, 0.6) is 0 Å². The second-order valence-electron chi connectivity index (χ2n) is 5.48. The maximum Gasteiger partial charge on any atom is 0.471 e. The van der Waals surface area contributed by atoms with Crippen molar-refractivity contribution in [3.8, 4) is 11.4 Å². The summed E-state index contributed by atoms with van der Waals surface area (Å²) in [5, 5.41) is 8.90. The Hall–Kier alpha value is -2.75. The predicted octanol–water partition coefficient (Wildman–Crippen LogP) is 4.01. The lowest BCUT2D eigenvalue weighted by atomic mass is 10.1. The molecule has 2 aromatic heterocycles. The molecule has 1 amide bonds. The van der Waals surface area contributed by atoms with Crippen LogP contribution in [0, 0.1) is 6.92 Å². The fraction of sp³-hybridized carbons (Fsp3) is 0.250. The molecule has 2 heterocycles. The second kappa shape index (κ2) is 6.87. The Morgan fingerprint density at radius 3 is 2.46 bits per heavy atom. The van der Waals surface area contributed by atoms with Crippen molar-refractivity contribution in [2.45, 2.75) is 26.1 Å². The number of aryl methyl sites for hydroxylation is 1. The van der Waals surface area contributed by atoms with Gasteiger partial charge in [0.05, 0.1) is 16.7 Å². The molecule has 1 unspecified atom stereocenters. The van der Waals surface area contributed by atoms with Crippen LogP contribution in [0.4, 0.5) is 13.2 Å². The van der Waals surface area contributed by atoms with E-state index in [0.717, 1.165) is 10.7 Å². The van der Waals surface area contributed by atoms with E-state index in [2.05, 4.69) is 25.0 Å². The van der Waals surface area contributed by atoms with Crippen LogP contribution in [0.3, 0.4) is 0 Å². The summed E-state index contributed by atoms with van der Waals surface area (Å²) in [6.45, 7) is 3.70. The Bertz CT molecular complexity index is 918. The van der Waals surface area contributed by atoms with E-state index in [0.29, 0.717) is 11.1 Å². The van der Waals surface area contributed by atoms with Gasteiger partial charge in [-0.25, -0.2) is 4.98 Å². The molecular weight excluding hydrogens is 369 g/mol. The number of carbonyl (C=O) groups excluding carboxylic acids is 1. The predicted molar refractivity (Wildman–Crippen MR) is 87.5 cm³/mol. The molecular formula is C16H13F3N4O2S. The minimum atomic E-state index is -4.70. The van der Waals surface area contributed by atoms with Gasteiger partial charge in [-0.2, -0.15) is 18.2 Å². The number of alkyl halides is 3. The van der Waals surface area contributed by atoms with Crippen LogP contribution < -0.4 is 5.32 Å². The van der Waals surface area contributed by atoms with E-state index in [9.17, 15) is 18.0 Å². The Morgan fingerprint density at radius 2 is 1.92 bits per heavy atom. The molecule has 0 bridgehead atoms. The van der Waals surface area contributed by atoms with Gasteiger partial charge in [0, 0.05) is 16.5 Å². The zero-order chi connectivity index (χ0) is 18.9. The highest BCUT2D eigenvalue weighted by Crippen LogP contribution is 2.29. The van der Waals surface area contributed by atoms with Gasteiger partial charge in [-0.3, -0.25) is 4.79 Å². The molecule has 1 N–H and O–H groups in total. The molecule has 136 valence electrons. The number of thiazole rings is 1. The van der Waals surface area contributed by atoms with Crippen molar-refractivity contribution < 1.29 is 22.5 Å². The van der Waals surface area contributed by atoms with Crippen molar-refractivity contribution in [1.29, 1.82) is 0 Å². The number of benzene rings is 1. The van der Waals surface area contributed by atoms with Gasteiger partial charge >= 0.3 is 12.1 Å². The Kier molecular flexibility index (Phi) is 4.77. The van der Waals surface area contributed by atoms with Crippen molar-refractivity contribution in [3.05, 3.63) is 51.8 Å². The largest absolute Gasteiger partial charge is 0.471 e. The molecule has 1 atom stereocenters. The van der Waals surface area contributed by atoms with E-state index < -0.39 is 12.1 Å². The van der Waals surface area contributed by atoms with E-state index in [4.69, 9.17) is 0 Å². The molecule has 1 aromatic carbocycles. The number of rotatable bonds is 4. The molecule has 0 radical (unpaired) electrons. The Balaban J connectivity index is 1.71. The molecule has 0 spiro atoms. The van der Waals surface area contributed by atoms with Crippen LogP contribution in [-0.2, 0) is 6.18 Å². The van der Waals surface area contributed by atoms with Gasteiger partial charge in [-0.15, -0.1) is 11.3 Å². The molecule has 10 heteroatoms. The average molecular weight is 382 g/mol. The summed E-state index contributed by atoms with van der Waals surface area (Å²) in [6, 6.07) is 5.61. The third-order valence-electron chi connectivity index (χ3n) is 3.50. The first-order valence-corrected chi connectivity index (χ1v) is 8.36. The number of hydrogen-bond donors (Lipinski definition) is 1. The maximum absolute atomic E-state index is 12.5. The number of nitrogens with zero attached hydrogens (tertiary/aromatic N) is 3. The highest BCUT2D eigenvalue weighted by atomic mass is 32.1. The minimum absolute atomic E-state index is 0.199. The van der Waals surface area contributed by atoms with Gasteiger partial charge in [-0.1, -0.05) is 17.3 Å². The number of amides is 1. The van der Waals surface area contributed by atoms with E-state index >= 15 is 0 Å². The van der Waals surface area contributed by atoms with Crippen molar-refractivity contribution in [1.82, 2.24) is 20.4 Å². The maximum atomic E-state index is 12.5. The zero-order valence-electron chi connectivity index (χ0n) is 13.7. The molecule has 0 saturated carbocycles. The zero-order valence-corrected chi connectivity index (χ0v) is 14.5. The number of aromatic nitrogens is 3. The molecule has 3 aromatic rings. The monoisotopic (exact) mass is 382 g/mol. The number of carbonyl (C=O) groups is 1. The first kappa shape index (κ1) is 18.1. The fourth-order valence-electron chi connectivity index (χ4n) is 2.16. The molecule has 6 nitrogen and oxygen atoms in total. The molecule has 26 heavy (non-hydrogen) atoms. The molecule has 0 fully saturated rings. The van der Waals surface area contributed by atoms with Gasteiger partial charge in [-0.05, 0) is 26.0 Å². The summed E-state index contributed by atoms with van der Waals surface area (Å²) < 4.78 is 41.7. The molecule has 0 aliphatic carbocycles. The smallest absolute Gasteiger partial charge is 0.344 e. The number of hydrogen-bond acceptors (Lipinski definition) is 6. The Morgan fingerprint density at radius 1 is 1.23 bits per heavy atom. The minimum Gasteiger partial charge on any atom is -0.344 e. The van der Waals surface area contributed by atoms with Crippen molar-refractivity contribution >= 4 is 17.2 Å². The topological polar surface area (TPSA) is 80.9 Å². The summed E-state index contributed by atoms with van der Waals surface area (Å²) in [5.41, 5.74) is 1.43. The quantitative estimate of drug-likeness (QED) is 0.737. The van der Waals surface area contributed by atoms with E-state index in [-0.39, 0.29) is 17.8 Å². The van der Waals surface area contributed by atoms with Crippen LogP contribution in [0.1, 0.15) is 39.9 Å². The van der Waals surface area contributed by atoms with Crippen molar-refractivity contribution in [3.63, 3.8) is 0 Å². The van der Waals surface area contributed by atoms with Crippen LogP contribution in [0.2, 0.25) is 0 Å². The standard InChI is InChI=1S/C16H13F3N4O2S/c1-8(12-7-26-9(2)21-12)20-14(24)11-5-3-10(4-6-11)13-22-15(25-23-13)16(17,18)19/h3-8H,1-2H3,(H,20,24). The van der Waals surface area contributed by atoms with Crippen LogP contribution in [0.15, 0.2) is 34.2 Å². The lowest BCUT2D eigenvalue weighted by Crippen LogP contribution is -2.26. The van der Waals surface area contributed by atoms with E-state index in [1.807, 2.05) is 19.2 Å². The third kappa shape index (κ3) is 3.90. The first-order chi connectivity index (χ1) is 12.2. The lowest BCUT2D eigenvalue weighted by molar-refractivity contribution is -0.159. The van der Waals surface area contributed by atoms with Gasteiger partial charge in [0.25, 0.3) is 5.91 Å². The third-order valence-corrected chi connectivity index (χ3v) is 4.29. The second-order valence-corrected chi connectivity index (χ2v) is 6.55. The van der Waals surface area contributed by atoms with E-state index in [1.54, 1.807) is 0 Å². The average Bonchev–Trinajstić information content (AvgIpc) is 3.23. The van der Waals surface area contributed by atoms with E-state index in [1.165, 1.54) is 35.6 Å². The fourth-order valence-corrected chi connectivity index (χ4v) is 2.87. The van der Waals surface area contributed by atoms with Crippen molar-refractivity contribution in [2.24, 2.45) is 0 Å². The molecule has 3 rings (SSSR count). The van der Waals surface area contributed by atoms with Crippen LogP contribution >= 0.6 is 11.3 Å². The summed E-state index contributed by atoms with van der Waals surface area (Å²) in [6.07, 6.45) is -4.70. The van der Waals surface area contributed by atoms with Crippen LogP contribution in [0.25, 0.3) is 11.4 Å². The molecule has 0 saturated heterocycles. The van der Waals surface area contributed by atoms with Crippen LogP contribution in [-0.4, -0.2) is 21.0 Å². The summed E-state index contributed by atoms with van der Waals surface area (Å²) >= 11 is 1.49. The summed E-state index contributed by atoms with van der Waals surface area (Å²) in [4.78, 5) is 19.9. The van der Waals surface area contributed by atoms with Crippen molar-refractivity contribution in [2.75, 3.05) is 0 Å². The van der Waals surface area contributed by atoms with Gasteiger partial charge in [0.15, 0.2) is 0 Å². The number of nitrogens with one attached hydrogen (secondary N) is 1. The number of halogens is 3. The first-order valence-electron chi connectivity index (χ1n) is 7.48. The summed E-state index contributed by atoms with van der Waals surface area (Å²) in [5.74, 6) is -1.93. The highest BCUT2D eigenvalue weighted by molar-refractivity contribution is 7.09. The van der Waals surface area contributed by atoms with Gasteiger partial charge < -0.3 is 9.84 Å². The SMILES string of the molecule is Cc1nc(C(C)NC(=O)c2ccc(-c3noc(C(F)(F)F)n3)cc2)cs1. The normalized spacial score (nSPS) is 12.8. The van der Waals surface area contributed by atoms with Gasteiger partial charge in [0.2, 0.25) is 5.82 Å². The highest BCUT2D eigenvalue weighted by Gasteiger charge is 2.38.